The van der Waals surface area contributed by atoms with Crippen LogP contribution in [0.15, 0.2) is 53.9 Å². The molecule has 0 aliphatic rings. The molecule has 2 aromatic carbocycles. The third-order valence-electron chi connectivity index (χ3n) is 5.23. The molecule has 0 radical (unpaired) electrons. The van der Waals surface area contributed by atoms with Gasteiger partial charge < -0.3 is 10.1 Å². The number of benzene rings is 2. The van der Waals surface area contributed by atoms with E-state index in [0.717, 1.165) is 22.5 Å². The SMILES string of the molecule is CCOc1ccccc1NC(=O)Cc1csc(-n2nc(C)c(Cc3cccc(F)c3)c2C)n1. The van der Waals surface area contributed by atoms with Crippen LogP contribution >= 0.6 is 11.3 Å². The number of nitrogens with zero attached hydrogens (tertiary/aromatic N) is 3. The zero-order valence-corrected chi connectivity index (χ0v) is 19.6. The highest BCUT2D eigenvalue weighted by Crippen LogP contribution is 2.25. The molecule has 4 aromatic rings. The molecule has 170 valence electrons. The van der Waals surface area contributed by atoms with Crippen molar-refractivity contribution < 1.29 is 13.9 Å². The molecule has 0 spiro atoms. The molecule has 2 aromatic heterocycles. The zero-order chi connectivity index (χ0) is 23.4. The number of para-hydroxylation sites is 2. The van der Waals surface area contributed by atoms with Crippen LogP contribution in [0.25, 0.3) is 5.13 Å². The highest BCUT2D eigenvalue weighted by atomic mass is 32.1. The molecule has 2 heterocycles. The number of nitrogens with one attached hydrogen (secondary N) is 1. The van der Waals surface area contributed by atoms with E-state index < -0.39 is 0 Å². The highest BCUT2D eigenvalue weighted by Gasteiger charge is 2.17. The minimum Gasteiger partial charge on any atom is -0.492 e. The third kappa shape index (κ3) is 5.28. The topological polar surface area (TPSA) is 69.0 Å². The lowest BCUT2D eigenvalue weighted by Crippen LogP contribution is -2.15. The second-order valence-electron chi connectivity index (χ2n) is 7.64. The van der Waals surface area contributed by atoms with E-state index in [4.69, 9.17) is 4.74 Å². The summed E-state index contributed by atoms with van der Waals surface area (Å²) in [4.78, 5) is 17.2. The molecule has 0 unspecified atom stereocenters. The van der Waals surface area contributed by atoms with Crippen molar-refractivity contribution in [3.05, 3.63) is 87.9 Å². The van der Waals surface area contributed by atoms with Crippen LogP contribution in [0.2, 0.25) is 0 Å². The van der Waals surface area contributed by atoms with Crippen LogP contribution in [-0.2, 0) is 17.6 Å². The molecular weight excluding hydrogens is 439 g/mol. The fourth-order valence-corrected chi connectivity index (χ4v) is 4.48. The quantitative estimate of drug-likeness (QED) is 0.386. The van der Waals surface area contributed by atoms with Gasteiger partial charge in [-0.3, -0.25) is 4.79 Å². The van der Waals surface area contributed by atoms with Gasteiger partial charge in [-0.05, 0) is 50.6 Å². The van der Waals surface area contributed by atoms with Crippen LogP contribution in [0, 0.1) is 19.7 Å². The smallest absolute Gasteiger partial charge is 0.230 e. The predicted molar refractivity (Wildman–Crippen MR) is 128 cm³/mol. The molecule has 0 aliphatic heterocycles. The van der Waals surface area contributed by atoms with Gasteiger partial charge in [0.2, 0.25) is 11.0 Å². The number of thiazole rings is 1. The third-order valence-corrected chi connectivity index (χ3v) is 6.10. The second-order valence-corrected chi connectivity index (χ2v) is 8.48. The van der Waals surface area contributed by atoms with Crippen LogP contribution in [0.1, 0.15) is 35.1 Å². The number of carbonyl (C=O) groups excluding carboxylic acids is 1. The lowest BCUT2D eigenvalue weighted by atomic mass is 10.0. The molecule has 0 aliphatic carbocycles. The Bertz CT molecular complexity index is 1280. The predicted octanol–water partition coefficient (Wildman–Crippen LogP) is 5.26. The lowest BCUT2D eigenvalue weighted by Gasteiger charge is -2.10. The number of carbonyl (C=O) groups is 1. The van der Waals surface area contributed by atoms with Crippen molar-refractivity contribution in [2.75, 3.05) is 11.9 Å². The summed E-state index contributed by atoms with van der Waals surface area (Å²) in [6, 6.07) is 14.0. The number of ether oxygens (including phenoxy) is 1. The summed E-state index contributed by atoms with van der Waals surface area (Å²) >= 11 is 1.43. The monoisotopic (exact) mass is 464 g/mol. The molecule has 6 nitrogen and oxygen atoms in total. The van der Waals surface area contributed by atoms with Gasteiger partial charge >= 0.3 is 0 Å². The minimum absolute atomic E-state index is 0.145. The van der Waals surface area contributed by atoms with Crippen molar-refractivity contribution in [3.63, 3.8) is 0 Å². The van der Waals surface area contributed by atoms with Gasteiger partial charge in [0.25, 0.3) is 0 Å². The summed E-state index contributed by atoms with van der Waals surface area (Å²) < 4.78 is 20.9. The number of anilines is 1. The molecule has 33 heavy (non-hydrogen) atoms. The Hall–Kier alpha value is -3.52. The fourth-order valence-electron chi connectivity index (χ4n) is 3.65. The zero-order valence-electron chi connectivity index (χ0n) is 18.8. The fraction of sp³-hybridized carbons (Fsp3) is 0.240. The summed E-state index contributed by atoms with van der Waals surface area (Å²) in [5.74, 6) is 0.224. The summed E-state index contributed by atoms with van der Waals surface area (Å²) in [7, 11) is 0. The number of halogens is 1. The Labute approximate surface area is 196 Å². The van der Waals surface area contributed by atoms with E-state index in [1.807, 2.05) is 56.5 Å². The van der Waals surface area contributed by atoms with Crippen molar-refractivity contribution >= 4 is 22.9 Å². The van der Waals surface area contributed by atoms with Gasteiger partial charge in [0, 0.05) is 23.1 Å². The number of aromatic nitrogens is 3. The van der Waals surface area contributed by atoms with Crippen LogP contribution in [-0.4, -0.2) is 27.3 Å². The molecule has 8 heteroatoms. The Morgan fingerprint density at radius 2 is 2.00 bits per heavy atom. The maximum Gasteiger partial charge on any atom is 0.230 e. The number of hydrogen-bond acceptors (Lipinski definition) is 5. The first-order valence-electron chi connectivity index (χ1n) is 10.7. The van der Waals surface area contributed by atoms with E-state index in [9.17, 15) is 9.18 Å². The molecule has 0 saturated heterocycles. The largest absolute Gasteiger partial charge is 0.492 e. The minimum atomic E-state index is -0.248. The van der Waals surface area contributed by atoms with E-state index in [-0.39, 0.29) is 18.1 Å². The molecular formula is C25H25FN4O2S. The van der Waals surface area contributed by atoms with E-state index >= 15 is 0 Å². The number of amides is 1. The molecule has 1 N–H and O–H groups in total. The number of aryl methyl sites for hydroxylation is 1. The van der Waals surface area contributed by atoms with Gasteiger partial charge in [-0.15, -0.1) is 11.3 Å². The summed E-state index contributed by atoms with van der Waals surface area (Å²) in [6.07, 6.45) is 0.738. The molecule has 0 saturated carbocycles. The van der Waals surface area contributed by atoms with Crippen molar-refractivity contribution in [2.45, 2.75) is 33.6 Å². The average molecular weight is 465 g/mol. The Morgan fingerprint density at radius 1 is 1.18 bits per heavy atom. The number of hydrogen-bond donors (Lipinski definition) is 1. The van der Waals surface area contributed by atoms with E-state index in [0.29, 0.717) is 35.3 Å². The Balaban J connectivity index is 1.48. The van der Waals surface area contributed by atoms with E-state index in [1.165, 1.54) is 17.4 Å². The van der Waals surface area contributed by atoms with Crippen LogP contribution in [0.3, 0.4) is 0 Å². The molecule has 1 amide bonds. The molecule has 0 fully saturated rings. The van der Waals surface area contributed by atoms with Crippen LogP contribution in [0.5, 0.6) is 5.75 Å². The van der Waals surface area contributed by atoms with Gasteiger partial charge in [-0.25, -0.2) is 14.1 Å². The molecule has 0 bridgehead atoms. The first-order valence-corrected chi connectivity index (χ1v) is 11.6. The summed E-state index contributed by atoms with van der Waals surface area (Å²) in [5.41, 5.74) is 5.07. The van der Waals surface area contributed by atoms with Crippen molar-refractivity contribution in [1.82, 2.24) is 14.8 Å². The van der Waals surface area contributed by atoms with Gasteiger partial charge in [-0.1, -0.05) is 24.3 Å². The first kappa shape index (κ1) is 22.7. The highest BCUT2D eigenvalue weighted by molar-refractivity contribution is 7.12. The lowest BCUT2D eigenvalue weighted by molar-refractivity contribution is -0.115. The maximum atomic E-state index is 13.6. The standard InChI is InChI=1S/C25H25FN4O2S/c1-4-32-23-11-6-5-10-22(23)28-24(31)14-20-15-33-25(27-20)30-17(3)21(16(2)29-30)13-18-8-7-9-19(26)12-18/h5-12,15H,4,13-14H2,1-3H3,(H,28,31). The Kier molecular flexibility index (Phi) is 6.84. The van der Waals surface area contributed by atoms with Gasteiger partial charge in [0.05, 0.1) is 30.1 Å². The van der Waals surface area contributed by atoms with Crippen molar-refractivity contribution in [2.24, 2.45) is 0 Å². The van der Waals surface area contributed by atoms with E-state index in [1.54, 1.807) is 16.8 Å². The Morgan fingerprint density at radius 3 is 2.79 bits per heavy atom. The van der Waals surface area contributed by atoms with Gasteiger partial charge in [0.15, 0.2) is 0 Å². The van der Waals surface area contributed by atoms with E-state index in [2.05, 4.69) is 15.4 Å². The van der Waals surface area contributed by atoms with Gasteiger partial charge in [0.1, 0.15) is 11.6 Å². The van der Waals surface area contributed by atoms with Crippen LogP contribution in [0.4, 0.5) is 10.1 Å². The summed E-state index contributed by atoms with van der Waals surface area (Å²) in [6.45, 7) is 6.34. The number of rotatable bonds is 8. The molecule has 0 atom stereocenters. The average Bonchev–Trinajstić information content (AvgIpc) is 3.35. The molecule has 4 rings (SSSR count). The van der Waals surface area contributed by atoms with Crippen molar-refractivity contribution in [3.8, 4) is 10.9 Å². The maximum absolute atomic E-state index is 13.6. The first-order chi connectivity index (χ1) is 15.9. The second kappa shape index (κ2) is 9.95. The normalized spacial score (nSPS) is 10.9. The van der Waals surface area contributed by atoms with Crippen molar-refractivity contribution in [1.29, 1.82) is 0 Å². The van der Waals surface area contributed by atoms with Gasteiger partial charge in [-0.2, -0.15) is 5.10 Å². The summed E-state index contributed by atoms with van der Waals surface area (Å²) in [5, 5.41) is 10.1. The van der Waals surface area contributed by atoms with Crippen LogP contribution < -0.4 is 10.1 Å².